The van der Waals surface area contributed by atoms with E-state index in [1.807, 2.05) is 10.8 Å². The van der Waals surface area contributed by atoms with E-state index in [1.165, 1.54) is 23.4 Å². The van der Waals surface area contributed by atoms with Crippen LogP contribution in [0.3, 0.4) is 0 Å². The van der Waals surface area contributed by atoms with Crippen LogP contribution in [0.15, 0.2) is 43.2 Å². The van der Waals surface area contributed by atoms with Gasteiger partial charge in [0.1, 0.15) is 24.2 Å². The smallest absolute Gasteiger partial charge is 0.150 e. The summed E-state index contributed by atoms with van der Waals surface area (Å²) in [5, 5.41) is 7.08. The fraction of sp³-hybridized carbons (Fsp3) is 0.214. The van der Waals surface area contributed by atoms with Crippen molar-refractivity contribution in [3.8, 4) is 5.69 Å². The molecule has 0 spiro atoms. The minimum Gasteiger partial charge on any atom is -0.378 e. The quantitative estimate of drug-likeness (QED) is 0.781. The normalized spacial score (nSPS) is 10.8. The molecule has 0 radical (unpaired) electrons. The maximum atomic E-state index is 14.1. The average molecular weight is 286 g/mol. The third-order valence-electron chi connectivity index (χ3n) is 3.21. The van der Waals surface area contributed by atoms with Gasteiger partial charge in [0.25, 0.3) is 0 Å². The molecular weight excluding hydrogens is 271 g/mol. The summed E-state index contributed by atoms with van der Waals surface area (Å²) in [4.78, 5) is 8.08. The molecule has 7 heteroatoms. The molecule has 0 aliphatic carbocycles. The number of aromatic nitrogens is 5. The second-order valence-electron chi connectivity index (χ2n) is 4.49. The molecule has 0 amide bonds. The lowest BCUT2D eigenvalue weighted by molar-refractivity contribution is 0.611. The minimum atomic E-state index is -0.357. The van der Waals surface area contributed by atoms with Gasteiger partial charge in [0, 0.05) is 24.6 Å². The van der Waals surface area contributed by atoms with Gasteiger partial charge >= 0.3 is 0 Å². The molecule has 2 aromatic heterocycles. The van der Waals surface area contributed by atoms with Crippen molar-refractivity contribution in [2.45, 2.75) is 20.0 Å². The van der Waals surface area contributed by atoms with Gasteiger partial charge in [-0.15, -0.1) is 0 Å². The Morgan fingerprint density at radius 2 is 2.24 bits per heavy atom. The Balaban J connectivity index is 1.74. The van der Waals surface area contributed by atoms with Gasteiger partial charge in [-0.3, -0.25) is 0 Å². The zero-order chi connectivity index (χ0) is 14.7. The fourth-order valence-corrected chi connectivity index (χ4v) is 2.11. The van der Waals surface area contributed by atoms with Gasteiger partial charge in [-0.1, -0.05) is 0 Å². The van der Waals surface area contributed by atoms with E-state index in [0.29, 0.717) is 17.9 Å². The zero-order valence-electron chi connectivity index (χ0n) is 11.6. The molecule has 1 N–H and O–H groups in total. The number of nitrogens with one attached hydrogen (secondary N) is 1. The Hall–Kier alpha value is -2.70. The summed E-state index contributed by atoms with van der Waals surface area (Å²) in [6.07, 6.45) is 6.51. The molecule has 2 heterocycles. The first-order valence-electron chi connectivity index (χ1n) is 6.66. The Kier molecular flexibility index (Phi) is 3.63. The van der Waals surface area contributed by atoms with Crippen molar-refractivity contribution >= 4 is 5.69 Å². The van der Waals surface area contributed by atoms with E-state index in [4.69, 9.17) is 0 Å². The van der Waals surface area contributed by atoms with Crippen molar-refractivity contribution in [2.75, 3.05) is 5.32 Å². The number of imidazole rings is 1. The molecular formula is C14H15FN6. The number of nitrogens with zero attached hydrogens (tertiary/aromatic N) is 5. The van der Waals surface area contributed by atoms with Gasteiger partial charge < -0.3 is 9.88 Å². The third-order valence-corrected chi connectivity index (χ3v) is 3.21. The van der Waals surface area contributed by atoms with E-state index in [-0.39, 0.29) is 5.82 Å². The van der Waals surface area contributed by atoms with Gasteiger partial charge in [-0.25, -0.2) is 19.0 Å². The second-order valence-corrected chi connectivity index (χ2v) is 4.49. The first kappa shape index (κ1) is 13.3. The standard InChI is InChI=1S/C14H15FN6/c1-2-20-6-5-17-14(20)8-18-11-3-4-13(12(15)7-11)21-10-16-9-19-21/h3-7,9-10,18H,2,8H2,1H3. The van der Waals surface area contributed by atoms with Crippen LogP contribution in [-0.4, -0.2) is 24.3 Å². The van der Waals surface area contributed by atoms with Crippen LogP contribution in [0.1, 0.15) is 12.7 Å². The highest BCUT2D eigenvalue weighted by Crippen LogP contribution is 2.17. The van der Waals surface area contributed by atoms with E-state index in [9.17, 15) is 4.39 Å². The average Bonchev–Trinajstić information content (AvgIpc) is 3.16. The first-order valence-corrected chi connectivity index (χ1v) is 6.66. The molecule has 21 heavy (non-hydrogen) atoms. The highest BCUT2D eigenvalue weighted by molar-refractivity contribution is 5.49. The lowest BCUT2D eigenvalue weighted by atomic mass is 10.2. The lowest BCUT2D eigenvalue weighted by Crippen LogP contribution is -2.08. The molecule has 0 atom stereocenters. The number of rotatable bonds is 5. The van der Waals surface area contributed by atoms with Crippen molar-refractivity contribution in [1.82, 2.24) is 24.3 Å². The zero-order valence-corrected chi connectivity index (χ0v) is 11.6. The number of hydrogen-bond donors (Lipinski definition) is 1. The summed E-state index contributed by atoms with van der Waals surface area (Å²) in [5.41, 5.74) is 1.06. The van der Waals surface area contributed by atoms with Crippen molar-refractivity contribution in [2.24, 2.45) is 0 Å². The van der Waals surface area contributed by atoms with Gasteiger partial charge in [0.05, 0.1) is 6.54 Å². The SMILES string of the molecule is CCn1ccnc1CNc1ccc(-n2cncn2)c(F)c1. The number of anilines is 1. The molecule has 0 unspecified atom stereocenters. The Morgan fingerprint density at radius 3 is 2.95 bits per heavy atom. The summed E-state index contributed by atoms with van der Waals surface area (Å²) in [5.74, 6) is 0.558. The molecule has 0 aliphatic heterocycles. The van der Waals surface area contributed by atoms with E-state index in [2.05, 4.69) is 27.3 Å². The Bertz CT molecular complexity index is 719. The van der Waals surface area contributed by atoms with Crippen molar-refractivity contribution in [3.63, 3.8) is 0 Å². The van der Waals surface area contributed by atoms with E-state index in [1.54, 1.807) is 18.3 Å². The minimum absolute atomic E-state index is 0.357. The molecule has 0 saturated carbocycles. The molecule has 0 aliphatic rings. The van der Waals surface area contributed by atoms with Crippen LogP contribution < -0.4 is 5.32 Å². The van der Waals surface area contributed by atoms with Crippen molar-refractivity contribution < 1.29 is 4.39 Å². The van der Waals surface area contributed by atoms with Crippen LogP contribution >= 0.6 is 0 Å². The molecule has 108 valence electrons. The first-order chi connectivity index (χ1) is 10.3. The van der Waals surface area contributed by atoms with Gasteiger partial charge in [0.2, 0.25) is 0 Å². The molecule has 0 bridgehead atoms. The van der Waals surface area contributed by atoms with Gasteiger partial charge in [-0.05, 0) is 25.1 Å². The summed E-state index contributed by atoms with van der Waals surface area (Å²) < 4.78 is 17.5. The number of aryl methyl sites for hydroxylation is 1. The fourth-order valence-electron chi connectivity index (χ4n) is 2.11. The summed E-state index contributed by atoms with van der Waals surface area (Å²) in [7, 11) is 0. The maximum absolute atomic E-state index is 14.1. The molecule has 0 saturated heterocycles. The predicted octanol–water partition coefficient (Wildman–Crippen LogP) is 2.23. The van der Waals surface area contributed by atoms with Crippen LogP contribution in [0, 0.1) is 5.82 Å². The number of halogens is 1. The van der Waals surface area contributed by atoms with Gasteiger partial charge in [-0.2, -0.15) is 5.10 Å². The summed E-state index contributed by atoms with van der Waals surface area (Å²) in [6.45, 7) is 3.46. The summed E-state index contributed by atoms with van der Waals surface area (Å²) in [6, 6.07) is 4.91. The summed E-state index contributed by atoms with van der Waals surface area (Å²) >= 11 is 0. The highest BCUT2D eigenvalue weighted by atomic mass is 19.1. The van der Waals surface area contributed by atoms with Crippen LogP contribution in [0.4, 0.5) is 10.1 Å². The number of hydrogen-bond acceptors (Lipinski definition) is 4. The van der Waals surface area contributed by atoms with E-state index < -0.39 is 0 Å². The third kappa shape index (κ3) is 2.76. The lowest BCUT2D eigenvalue weighted by Gasteiger charge is -2.09. The maximum Gasteiger partial charge on any atom is 0.150 e. The largest absolute Gasteiger partial charge is 0.378 e. The molecule has 1 aromatic carbocycles. The van der Waals surface area contributed by atoms with Crippen LogP contribution in [0.2, 0.25) is 0 Å². The molecule has 0 fully saturated rings. The van der Waals surface area contributed by atoms with E-state index in [0.717, 1.165) is 12.4 Å². The Morgan fingerprint density at radius 1 is 1.33 bits per heavy atom. The van der Waals surface area contributed by atoms with E-state index >= 15 is 0 Å². The van der Waals surface area contributed by atoms with Crippen LogP contribution in [0.5, 0.6) is 0 Å². The predicted molar refractivity (Wildman–Crippen MR) is 76.5 cm³/mol. The number of benzene rings is 1. The van der Waals surface area contributed by atoms with Crippen LogP contribution in [-0.2, 0) is 13.1 Å². The highest BCUT2D eigenvalue weighted by Gasteiger charge is 2.07. The molecule has 6 nitrogen and oxygen atoms in total. The topological polar surface area (TPSA) is 60.6 Å². The molecule has 3 rings (SSSR count). The monoisotopic (exact) mass is 286 g/mol. The second kappa shape index (κ2) is 5.74. The molecule has 3 aromatic rings. The Labute approximate surface area is 121 Å². The van der Waals surface area contributed by atoms with Crippen molar-refractivity contribution in [3.05, 3.63) is 54.9 Å². The van der Waals surface area contributed by atoms with Crippen molar-refractivity contribution in [1.29, 1.82) is 0 Å². The van der Waals surface area contributed by atoms with Gasteiger partial charge in [0.15, 0.2) is 5.82 Å². The van der Waals surface area contributed by atoms with Crippen LogP contribution in [0.25, 0.3) is 5.69 Å².